The highest BCUT2D eigenvalue weighted by Gasteiger charge is 2.19. The van der Waals surface area contributed by atoms with Crippen LogP contribution in [-0.2, 0) is 11.3 Å². The molecule has 4 amide bonds. The zero-order valence-electron chi connectivity index (χ0n) is 25.0. The Labute approximate surface area is 251 Å². The van der Waals surface area contributed by atoms with Gasteiger partial charge in [0.15, 0.2) is 0 Å². The van der Waals surface area contributed by atoms with Gasteiger partial charge in [-0.25, -0.2) is 9.59 Å². The van der Waals surface area contributed by atoms with E-state index >= 15 is 0 Å². The number of urea groups is 1. The second kappa shape index (κ2) is 14.8. The molecule has 43 heavy (non-hydrogen) atoms. The van der Waals surface area contributed by atoms with Gasteiger partial charge in [0.1, 0.15) is 5.60 Å². The molecule has 3 rings (SSSR count). The van der Waals surface area contributed by atoms with Crippen LogP contribution < -0.4 is 16.0 Å². The summed E-state index contributed by atoms with van der Waals surface area (Å²) >= 11 is 0. The van der Waals surface area contributed by atoms with Crippen LogP contribution in [0.4, 0.5) is 32.3 Å². The van der Waals surface area contributed by atoms with E-state index in [0.29, 0.717) is 29.2 Å². The predicted molar refractivity (Wildman–Crippen MR) is 166 cm³/mol. The minimum atomic E-state index is -0.669. The van der Waals surface area contributed by atoms with E-state index in [1.807, 2.05) is 19.0 Å². The lowest BCUT2D eigenvalue weighted by Crippen LogP contribution is -2.36. The van der Waals surface area contributed by atoms with E-state index in [-0.39, 0.29) is 24.2 Å². The number of carbonyl (C=O) groups is 3. The number of nitro benzene ring substituents is 1. The first-order chi connectivity index (χ1) is 20.3. The van der Waals surface area contributed by atoms with Gasteiger partial charge in [-0.2, -0.15) is 0 Å². The highest BCUT2D eigenvalue weighted by Crippen LogP contribution is 2.23. The molecular formula is C31H38N6O6. The first-order valence-corrected chi connectivity index (χ1v) is 13.7. The molecule has 12 nitrogen and oxygen atoms in total. The van der Waals surface area contributed by atoms with Crippen LogP contribution in [0.1, 0.15) is 43.1 Å². The Hall–Kier alpha value is -4.97. The summed E-state index contributed by atoms with van der Waals surface area (Å²) in [5.41, 5.74) is 1.73. The molecule has 0 aliphatic heterocycles. The van der Waals surface area contributed by atoms with Gasteiger partial charge in [0.2, 0.25) is 0 Å². The molecule has 0 saturated carbocycles. The number of hydrogen-bond donors (Lipinski definition) is 3. The molecule has 0 aliphatic rings. The summed E-state index contributed by atoms with van der Waals surface area (Å²) in [7, 11) is 3.91. The molecule has 0 aromatic heterocycles. The first-order valence-electron chi connectivity index (χ1n) is 13.7. The van der Waals surface area contributed by atoms with E-state index in [9.17, 15) is 24.5 Å². The monoisotopic (exact) mass is 590 g/mol. The van der Waals surface area contributed by atoms with Crippen molar-refractivity contribution in [2.24, 2.45) is 0 Å². The van der Waals surface area contributed by atoms with E-state index in [2.05, 4.69) is 16.0 Å². The zero-order valence-corrected chi connectivity index (χ0v) is 25.0. The number of nitrogens with zero attached hydrogens (tertiary/aromatic N) is 3. The van der Waals surface area contributed by atoms with Crippen LogP contribution in [-0.4, -0.2) is 65.5 Å². The van der Waals surface area contributed by atoms with Gasteiger partial charge < -0.3 is 25.2 Å². The molecule has 228 valence electrons. The standard InChI is InChI=1S/C31H38N6O6/c1-31(2,3)43-30(40)34-27-10-7-6-9-26(27)33-28(38)23-13-11-22(12-14-23)21-36(20-8-19-35(4)5)29(39)32-24-15-17-25(18-16-24)37(41)42/h6-7,9-18H,8,19-21H2,1-5H3,(H,32,39)(H,33,38)(H,34,40). The molecule has 0 atom stereocenters. The average molecular weight is 591 g/mol. The van der Waals surface area contributed by atoms with Crippen LogP contribution in [0.25, 0.3) is 0 Å². The van der Waals surface area contributed by atoms with Gasteiger partial charge in [0.05, 0.1) is 16.3 Å². The Morgan fingerprint density at radius 1 is 0.837 bits per heavy atom. The lowest BCUT2D eigenvalue weighted by Gasteiger charge is -2.24. The van der Waals surface area contributed by atoms with Crippen LogP contribution in [0.5, 0.6) is 0 Å². The van der Waals surface area contributed by atoms with Gasteiger partial charge in [-0.1, -0.05) is 24.3 Å². The average Bonchev–Trinajstić information content (AvgIpc) is 2.93. The zero-order chi connectivity index (χ0) is 31.6. The molecule has 3 aromatic carbocycles. The Morgan fingerprint density at radius 3 is 2.00 bits per heavy atom. The second-order valence-corrected chi connectivity index (χ2v) is 11.1. The second-order valence-electron chi connectivity index (χ2n) is 11.1. The molecule has 0 heterocycles. The van der Waals surface area contributed by atoms with Gasteiger partial charge in [0.25, 0.3) is 11.6 Å². The highest BCUT2D eigenvalue weighted by atomic mass is 16.6. The van der Waals surface area contributed by atoms with Crippen LogP contribution in [0.15, 0.2) is 72.8 Å². The summed E-state index contributed by atoms with van der Waals surface area (Å²) in [6.07, 6.45) is 0.101. The molecule has 12 heteroatoms. The SMILES string of the molecule is CN(C)CCCN(Cc1ccc(C(=O)Nc2ccccc2NC(=O)OC(C)(C)C)cc1)C(=O)Nc1ccc([N+](=O)[O-])cc1. The predicted octanol–water partition coefficient (Wildman–Crippen LogP) is 6.18. The van der Waals surface area contributed by atoms with Gasteiger partial charge in [-0.3, -0.25) is 20.2 Å². The summed E-state index contributed by atoms with van der Waals surface area (Å²) in [5, 5.41) is 19.2. The third kappa shape index (κ3) is 10.7. The fourth-order valence-corrected chi connectivity index (χ4v) is 3.99. The highest BCUT2D eigenvalue weighted by molar-refractivity contribution is 6.06. The number of amides is 4. The molecule has 0 spiro atoms. The van der Waals surface area contributed by atoms with E-state index in [1.54, 1.807) is 74.2 Å². The largest absolute Gasteiger partial charge is 0.444 e. The van der Waals surface area contributed by atoms with Crippen molar-refractivity contribution in [2.75, 3.05) is 43.1 Å². The number of carbonyl (C=O) groups excluding carboxylic acids is 3. The number of non-ortho nitro benzene ring substituents is 1. The maximum atomic E-state index is 13.1. The number of rotatable bonds is 11. The minimum Gasteiger partial charge on any atom is -0.444 e. The molecule has 0 aliphatic carbocycles. The Balaban J connectivity index is 1.68. The topological polar surface area (TPSA) is 146 Å². The molecule has 0 saturated heterocycles. The fourth-order valence-electron chi connectivity index (χ4n) is 3.99. The van der Waals surface area contributed by atoms with E-state index in [4.69, 9.17) is 4.74 Å². The van der Waals surface area contributed by atoms with Crippen molar-refractivity contribution in [3.63, 3.8) is 0 Å². The molecular weight excluding hydrogens is 552 g/mol. The third-order valence-electron chi connectivity index (χ3n) is 6.05. The van der Waals surface area contributed by atoms with Crippen molar-refractivity contribution in [3.05, 3.63) is 94.0 Å². The molecule has 0 bridgehead atoms. The number of nitrogens with one attached hydrogen (secondary N) is 3. The molecule has 0 unspecified atom stereocenters. The van der Waals surface area contributed by atoms with Gasteiger partial charge >= 0.3 is 12.1 Å². The fraction of sp³-hybridized carbons (Fsp3) is 0.323. The molecule has 0 fully saturated rings. The van der Waals surface area contributed by atoms with Gasteiger partial charge in [0, 0.05) is 36.5 Å². The lowest BCUT2D eigenvalue weighted by atomic mass is 10.1. The van der Waals surface area contributed by atoms with Crippen LogP contribution in [0.3, 0.4) is 0 Å². The number of benzene rings is 3. The van der Waals surface area contributed by atoms with Crippen molar-refractivity contribution in [3.8, 4) is 0 Å². The summed E-state index contributed by atoms with van der Waals surface area (Å²) in [4.78, 5) is 52.5. The number of para-hydroxylation sites is 2. The van der Waals surface area contributed by atoms with Crippen molar-refractivity contribution in [1.82, 2.24) is 9.80 Å². The molecule has 3 N–H and O–H groups in total. The number of anilines is 3. The molecule has 0 radical (unpaired) electrons. The maximum Gasteiger partial charge on any atom is 0.412 e. The van der Waals surface area contributed by atoms with Crippen LogP contribution >= 0.6 is 0 Å². The number of ether oxygens (including phenoxy) is 1. The van der Waals surface area contributed by atoms with Crippen LogP contribution in [0, 0.1) is 10.1 Å². The van der Waals surface area contributed by atoms with Crippen LogP contribution in [0.2, 0.25) is 0 Å². The minimum absolute atomic E-state index is 0.0623. The summed E-state index contributed by atoms with van der Waals surface area (Å²) in [6, 6.07) is 19.0. The molecule has 3 aromatic rings. The van der Waals surface area contributed by atoms with E-state index in [0.717, 1.165) is 18.5 Å². The quantitative estimate of drug-likeness (QED) is 0.179. The van der Waals surface area contributed by atoms with Crippen molar-refractivity contribution in [1.29, 1.82) is 0 Å². The number of nitro groups is 1. The van der Waals surface area contributed by atoms with E-state index in [1.165, 1.54) is 24.3 Å². The smallest absolute Gasteiger partial charge is 0.412 e. The van der Waals surface area contributed by atoms with Crippen molar-refractivity contribution in [2.45, 2.75) is 39.3 Å². The van der Waals surface area contributed by atoms with Crippen molar-refractivity contribution < 1.29 is 24.0 Å². The third-order valence-corrected chi connectivity index (χ3v) is 6.05. The van der Waals surface area contributed by atoms with Gasteiger partial charge in [-0.05, 0) is 89.8 Å². The summed E-state index contributed by atoms with van der Waals surface area (Å²) in [5.74, 6) is -0.372. The Bertz CT molecular complexity index is 1420. The first kappa shape index (κ1) is 32.5. The lowest BCUT2D eigenvalue weighted by molar-refractivity contribution is -0.384. The normalized spacial score (nSPS) is 11.0. The number of hydrogen-bond acceptors (Lipinski definition) is 7. The van der Waals surface area contributed by atoms with E-state index < -0.39 is 16.6 Å². The summed E-state index contributed by atoms with van der Waals surface area (Å²) < 4.78 is 5.31. The maximum absolute atomic E-state index is 13.1. The Kier molecular flexibility index (Phi) is 11.2. The van der Waals surface area contributed by atoms with Crippen molar-refractivity contribution >= 4 is 40.8 Å². The van der Waals surface area contributed by atoms with Gasteiger partial charge in [-0.15, -0.1) is 0 Å². The Morgan fingerprint density at radius 2 is 1.44 bits per heavy atom. The summed E-state index contributed by atoms with van der Waals surface area (Å²) in [6.45, 7) is 6.83.